The predicted octanol–water partition coefficient (Wildman–Crippen LogP) is 6.87. The molecule has 0 fully saturated rings. The number of nitrogens with zero attached hydrogens (tertiary/aromatic N) is 1. The van der Waals surface area contributed by atoms with Crippen molar-refractivity contribution < 1.29 is 33.4 Å². The third kappa shape index (κ3) is 16.0. The lowest BCUT2D eigenvalue weighted by molar-refractivity contribution is -0.150. The number of rotatable bonds is 25. The van der Waals surface area contributed by atoms with E-state index in [4.69, 9.17) is 31.4 Å². The van der Waals surface area contributed by atoms with Gasteiger partial charge in [-0.05, 0) is 90.2 Å². The molecule has 0 aliphatic carbocycles. The number of nitrogens with one attached hydrogen (secondary N) is 3. The number of hydrogen-bond acceptors (Lipinski definition) is 9. The molecular weight excluding hydrogens is 881 g/mol. The zero-order chi connectivity index (χ0) is 45.8. The molecule has 9 N–H and O–H groups in total. The molecule has 354 valence electrons. The molecule has 0 aliphatic rings. The molecule has 14 nitrogen and oxygen atoms in total. The van der Waals surface area contributed by atoms with Crippen LogP contribution in [0.5, 0.6) is 11.5 Å². The number of carbonyl (C=O) groups excluding carboxylic acids is 4. The molecule has 5 aromatic rings. The third-order valence-electron chi connectivity index (χ3n) is 10.5. The maximum Gasteiger partial charge on any atom is 0.328 e. The first-order chi connectivity index (χ1) is 31.0. The van der Waals surface area contributed by atoms with Crippen molar-refractivity contribution in [1.29, 1.82) is 0 Å². The summed E-state index contributed by atoms with van der Waals surface area (Å²) in [7, 11) is 0. The van der Waals surface area contributed by atoms with Crippen LogP contribution in [0, 0.1) is 5.92 Å². The third-order valence-corrected chi connectivity index (χ3v) is 10.5. The number of benzene rings is 5. The molecule has 0 unspecified atom stereocenters. The molecule has 0 radical (unpaired) electrons. The van der Waals surface area contributed by atoms with Crippen LogP contribution in [0.4, 0.5) is 0 Å². The summed E-state index contributed by atoms with van der Waals surface area (Å²) in [5.41, 5.74) is 19.2. The minimum atomic E-state index is -1.11. The lowest BCUT2D eigenvalue weighted by Gasteiger charge is -2.26. The Kier molecular flexibility index (Phi) is 22.8. The van der Waals surface area contributed by atoms with E-state index in [0.29, 0.717) is 43.7 Å². The standard InChI is InChI=1S/C50H61N7O7.2ClH/c1-4-29-62-42-25-23-35-17-8-10-19-37(35)45(42)46-38-20-11-9-18-36(38)24-26-43(46)63-32-44(58)55-39(21-12-13-27-51)47(59)56-40(22-14-28-54-50(52)53)48(60)57-41(30-33(2)3)49(61)64-31-34-15-6-5-7-16-34;;/h4-11,15-20,23-26,33,39-41H,1,12-14,21-22,27-32,51H2,2-3H3,(H,55,58)(H,56,59)(H,57,60)(H4,52,53,54);2*1H/t39-,40-,41+;;/m1../s1. The van der Waals surface area contributed by atoms with Crippen molar-refractivity contribution in [2.45, 2.75) is 77.1 Å². The van der Waals surface area contributed by atoms with Crippen molar-refractivity contribution in [3.8, 4) is 22.6 Å². The van der Waals surface area contributed by atoms with Gasteiger partial charge in [-0.15, -0.1) is 24.8 Å². The summed E-state index contributed by atoms with van der Waals surface area (Å²) in [6.45, 7) is 8.15. The van der Waals surface area contributed by atoms with Gasteiger partial charge in [0.15, 0.2) is 12.6 Å². The van der Waals surface area contributed by atoms with E-state index < -0.39 is 48.4 Å². The van der Waals surface area contributed by atoms with Gasteiger partial charge in [-0.2, -0.15) is 0 Å². The van der Waals surface area contributed by atoms with Crippen LogP contribution < -0.4 is 42.6 Å². The first kappa shape index (κ1) is 54.0. The van der Waals surface area contributed by atoms with Crippen LogP contribution in [0.3, 0.4) is 0 Å². The van der Waals surface area contributed by atoms with E-state index >= 15 is 0 Å². The number of amides is 3. The zero-order valence-corrected chi connectivity index (χ0v) is 39.2. The Morgan fingerprint density at radius 1 is 0.682 bits per heavy atom. The zero-order valence-electron chi connectivity index (χ0n) is 37.5. The number of guanidine groups is 1. The Morgan fingerprint density at radius 3 is 1.80 bits per heavy atom. The molecule has 0 aliphatic heterocycles. The second-order valence-electron chi connectivity index (χ2n) is 15.9. The molecule has 5 rings (SSSR count). The number of hydrogen-bond donors (Lipinski definition) is 6. The Bertz CT molecular complexity index is 2400. The molecule has 5 aromatic carbocycles. The molecule has 3 amide bonds. The topological polar surface area (TPSA) is 222 Å². The summed E-state index contributed by atoms with van der Waals surface area (Å²) < 4.78 is 18.1. The number of carbonyl (C=O) groups is 4. The summed E-state index contributed by atoms with van der Waals surface area (Å²) in [4.78, 5) is 59.3. The van der Waals surface area contributed by atoms with Crippen LogP contribution in [-0.2, 0) is 30.5 Å². The van der Waals surface area contributed by atoms with Gasteiger partial charge in [-0.3, -0.25) is 19.4 Å². The van der Waals surface area contributed by atoms with Gasteiger partial charge < -0.3 is 47.4 Å². The Morgan fingerprint density at radius 2 is 1.23 bits per heavy atom. The first-order valence-electron chi connectivity index (χ1n) is 21.8. The van der Waals surface area contributed by atoms with Gasteiger partial charge in [0, 0.05) is 17.7 Å². The highest BCUT2D eigenvalue weighted by Crippen LogP contribution is 2.45. The van der Waals surface area contributed by atoms with E-state index in [-0.39, 0.29) is 69.3 Å². The Labute approximate surface area is 399 Å². The summed E-state index contributed by atoms with van der Waals surface area (Å²) in [6.07, 6.45) is 3.79. The van der Waals surface area contributed by atoms with E-state index in [0.717, 1.165) is 38.2 Å². The molecule has 0 saturated carbocycles. The summed E-state index contributed by atoms with van der Waals surface area (Å²) in [5.74, 6) is -1.36. The van der Waals surface area contributed by atoms with Gasteiger partial charge in [0.25, 0.3) is 5.91 Å². The number of fused-ring (bicyclic) bond motifs is 2. The van der Waals surface area contributed by atoms with Gasteiger partial charge in [0.1, 0.15) is 42.8 Å². The van der Waals surface area contributed by atoms with Gasteiger partial charge in [-0.25, -0.2) is 4.79 Å². The molecule has 0 heterocycles. The number of halogens is 2. The van der Waals surface area contributed by atoms with E-state index in [1.807, 2.05) is 117 Å². The SMILES string of the molecule is C=CCOc1ccc2ccccc2c1-c1c(OCC(=O)N[C@H](CCCCN)C(=O)N[C@H](CCCN=C(N)N)C(=O)N[C@@H](CC(C)C)C(=O)OCc2ccccc2)ccc2ccccc12.Cl.Cl. The molecule has 16 heteroatoms. The summed E-state index contributed by atoms with van der Waals surface area (Å²) in [6, 6.07) is 29.6. The average Bonchev–Trinajstić information content (AvgIpc) is 3.29. The number of nitrogens with two attached hydrogens (primary N) is 3. The average molecular weight is 945 g/mol. The van der Waals surface area contributed by atoms with Crippen molar-refractivity contribution in [1.82, 2.24) is 16.0 Å². The van der Waals surface area contributed by atoms with Crippen LogP contribution in [0.25, 0.3) is 32.7 Å². The second kappa shape index (κ2) is 27.9. The van der Waals surface area contributed by atoms with Crippen molar-refractivity contribution in [2.24, 2.45) is 28.1 Å². The maximum absolute atomic E-state index is 14.1. The van der Waals surface area contributed by atoms with E-state index in [9.17, 15) is 19.2 Å². The monoisotopic (exact) mass is 943 g/mol. The molecule has 0 aromatic heterocycles. The van der Waals surface area contributed by atoms with Crippen molar-refractivity contribution in [3.05, 3.63) is 121 Å². The van der Waals surface area contributed by atoms with Crippen LogP contribution in [0.1, 0.15) is 57.9 Å². The molecule has 0 saturated heterocycles. The van der Waals surface area contributed by atoms with E-state index in [1.54, 1.807) is 6.08 Å². The molecular formula is C50H63Cl2N7O7. The molecule has 3 atom stereocenters. The fourth-order valence-corrected chi connectivity index (χ4v) is 7.38. The summed E-state index contributed by atoms with van der Waals surface area (Å²) >= 11 is 0. The lowest BCUT2D eigenvalue weighted by atomic mass is 9.92. The lowest BCUT2D eigenvalue weighted by Crippen LogP contribution is -2.56. The molecule has 66 heavy (non-hydrogen) atoms. The smallest absolute Gasteiger partial charge is 0.328 e. The first-order valence-corrected chi connectivity index (χ1v) is 21.8. The predicted molar refractivity (Wildman–Crippen MR) is 267 cm³/mol. The number of aliphatic imine (C=N–C) groups is 1. The van der Waals surface area contributed by atoms with Crippen LogP contribution in [-0.4, -0.2) is 74.1 Å². The van der Waals surface area contributed by atoms with Crippen molar-refractivity contribution in [3.63, 3.8) is 0 Å². The van der Waals surface area contributed by atoms with Gasteiger partial charge >= 0.3 is 5.97 Å². The quantitative estimate of drug-likeness (QED) is 0.0117. The highest BCUT2D eigenvalue weighted by atomic mass is 35.5. The number of ether oxygens (including phenoxy) is 3. The Balaban J connectivity index is 0.00000578. The second-order valence-corrected chi connectivity index (χ2v) is 15.9. The van der Waals surface area contributed by atoms with E-state index in [2.05, 4.69) is 27.5 Å². The number of esters is 1. The summed E-state index contributed by atoms with van der Waals surface area (Å²) in [5, 5.41) is 12.3. The van der Waals surface area contributed by atoms with Gasteiger partial charge in [0.2, 0.25) is 11.8 Å². The highest BCUT2D eigenvalue weighted by Gasteiger charge is 2.31. The molecule has 0 spiro atoms. The minimum absolute atomic E-state index is 0. The molecule has 0 bridgehead atoms. The van der Waals surface area contributed by atoms with Crippen molar-refractivity contribution in [2.75, 3.05) is 26.3 Å². The number of unbranched alkanes of at least 4 members (excludes halogenated alkanes) is 1. The maximum atomic E-state index is 14.1. The van der Waals surface area contributed by atoms with Crippen LogP contribution >= 0.6 is 24.8 Å². The fourth-order valence-electron chi connectivity index (χ4n) is 7.38. The van der Waals surface area contributed by atoms with Crippen LogP contribution in [0.15, 0.2) is 121 Å². The normalized spacial score (nSPS) is 12.1. The van der Waals surface area contributed by atoms with E-state index in [1.165, 1.54) is 0 Å². The van der Waals surface area contributed by atoms with Crippen LogP contribution in [0.2, 0.25) is 0 Å². The Hall–Kier alpha value is -6.35. The van der Waals surface area contributed by atoms with Gasteiger partial charge in [0.05, 0.1) is 0 Å². The minimum Gasteiger partial charge on any atom is -0.489 e. The highest BCUT2D eigenvalue weighted by molar-refractivity contribution is 6.10. The van der Waals surface area contributed by atoms with Crippen molar-refractivity contribution >= 4 is 76.0 Å². The largest absolute Gasteiger partial charge is 0.489 e. The fraction of sp³-hybridized carbons (Fsp3) is 0.340. The van der Waals surface area contributed by atoms with Gasteiger partial charge in [-0.1, -0.05) is 117 Å².